The summed E-state index contributed by atoms with van der Waals surface area (Å²) in [5, 5.41) is 23.0. The highest BCUT2D eigenvalue weighted by Crippen LogP contribution is 2.57. The summed E-state index contributed by atoms with van der Waals surface area (Å²) in [5.74, 6) is 0.280. The number of ether oxygens (including phenoxy) is 1. The molecule has 4 nitrogen and oxygen atoms in total. The molecule has 3 aliphatic rings. The van der Waals surface area contributed by atoms with Gasteiger partial charge in [0.2, 0.25) is 0 Å². The van der Waals surface area contributed by atoms with Crippen LogP contribution in [-0.4, -0.2) is 28.4 Å². The van der Waals surface area contributed by atoms with Crippen LogP contribution in [0.5, 0.6) is 5.75 Å². The summed E-state index contributed by atoms with van der Waals surface area (Å²) in [6.45, 7) is 6.57. The molecule has 5 rings (SSSR count). The molecule has 2 aromatic rings. The normalized spacial score (nSPS) is 34.7. The van der Waals surface area contributed by atoms with Gasteiger partial charge in [0, 0.05) is 11.8 Å². The number of hydrogen-bond donors (Lipinski definition) is 2. The molecule has 4 heteroatoms. The molecule has 1 aliphatic heterocycles. The largest absolute Gasteiger partial charge is 0.508 e. The number of carbonyl (C=O) groups excluding carboxylic acids is 1. The van der Waals surface area contributed by atoms with E-state index in [4.69, 9.17) is 4.74 Å². The van der Waals surface area contributed by atoms with Crippen LogP contribution in [0, 0.1) is 17.8 Å². The molecule has 0 amide bonds. The number of cyclic esters (lactones) is 1. The van der Waals surface area contributed by atoms with Crippen LogP contribution in [-0.2, 0) is 16.0 Å². The Hall–Kier alpha value is -2.33. The van der Waals surface area contributed by atoms with E-state index in [0.29, 0.717) is 18.9 Å². The Bertz CT molecular complexity index is 978. The molecule has 1 heterocycles. The second kappa shape index (κ2) is 5.59. The van der Waals surface area contributed by atoms with Crippen LogP contribution in [0.15, 0.2) is 42.5 Å². The molecule has 1 saturated heterocycles. The average Bonchev–Trinajstić information content (AvgIpc) is 3.01. The molecule has 140 valence electrons. The van der Waals surface area contributed by atoms with Crippen LogP contribution in [0.4, 0.5) is 0 Å². The number of hydrogen-bond acceptors (Lipinski definition) is 4. The Balaban J connectivity index is 1.60. The Kier molecular flexibility index (Phi) is 3.48. The maximum Gasteiger partial charge on any atom is 0.338 e. The molecular weight excluding hydrogens is 340 g/mol. The molecule has 27 heavy (non-hydrogen) atoms. The molecule has 1 saturated carbocycles. The Labute approximate surface area is 158 Å². The molecule has 5 atom stereocenters. The van der Waals surface area contributed by atoms with Crippen LogP contribution in [0.1, 0.15) is 36.8 Å². The smallest absolute Gasteiger partial charge is 0.338 e. The summed E-state index contributed by atoms with van der Waals surface area (Å²) in [7, 11) is 0. The minimum Gasteiger partial charge on any atom is -0.508 e. The van der Waals surface area contributed by atoms with Gasteiger partial charge in [-0.3, -0.25) is 0 Å². The first-order chi connectivity index (χ1) is 12.9. The van der Waals surface area contributed by atoms with Crippen LogP contribution >= 0.6 is 0 Å². The molecule has 2 N–H and O–H groups in total. The predicted octanol–water partition coefficient (Wildman–Crippen LogP) is 3.69. The lowest BCUT2D eigenvalue weighted by Gasteiger charge is -2.49. The van der Waals surface area contributed by atoms with Gasteiger partial charge >= 0.3 is 5.97 Å². The highest BCUT2D eigenvalue weighted by atomic mass is 16.6. The highest BCUT2D eigenvalue weighted by molar-refractivity contribution is 5.86. The standard InChI is InChI=1S/C23H24O4/c1-3-23(26)21-10-19-17(12(2)20(21)11-27-22(23)25)9-15-6-14-7-16(24)5-4-13(14)8-18(15)19/h4-8,17,19-21,24,26H,2-3,9-11H2,1H3. The first-order valence-corrected chi connectivity index (χ1v) is 9.76. The second-order valence-electron chi connectivity index (χ2n) is 8.40. The monoisotopic (exact) mass is 364 g/mol. The molecule has 0 bridgehead atoms. The van der Waals surface area contributed by atoms with Crippen LogP contribution in [0.3, 0.4) is 0 Å². The number of fused-ring (bicyclic) bond motifs is 5. The van der Waals surface area contributed by atoms with E-state index < -0.39 is 11.6 Å². The van der Waals surface area contributed by atoms with Crippen molar-refractivity contribution in [3.8, 4) is 5.75 Å². The number of phenols is 1. The fourth-order valence-corrected chi connectivity index (χ4v) is 5.72. The van der Waals surface area contributed by atoms with Crippen molar-refractivity contribution in [3.05, 3.63) is 53.6 Å². The molecule has 0 spiro atoms. The molecule has 2 fully saturated rings. The summed E-state index contributed by atoms with van der Waals surface area (Å²) in [5.41, 5.74) is 2.28. The lowest BCUT2D eigenvalue weighted by molar-refractivity contribution is -0.192. The summed E-state index contributed by atoms with van der Waals surface area (Å²) in [6, 6.07) is 9.85. The van der Waals surface area contributed by atoms with Crippen molar-refractivity contribution in [2.24, 2.45) is 17.8 Å². The highest BCUT2D eigenvalue weighted by Gasteiger charge is 2.57. The van der Waals surface area contributed by atoms with Gasteiger partial charge in [-0.15, -0.1) is 0 Å². The first kappa shape index (κ1) is 16.8. The van der Waals surface area contributed by atoms with Crippen molar-refractivity contribution >= 4 is 16.7 Å². The lowest BCUT2D eigenvalue weighted by Crippen LogP contribution is -2.57. The number of aliphatic hydroxyl groups is 1. The van der Waals surface area contributed by atoms with E-state index in [1.54, 1.807) is 12.1 Å². The van der Waals surface area contributed by atoms with Crippen LogP contribution < -0.4 is 0 Å². The molecule has 0 aromatic heterocycles. The summed E-state index contributed by atoms with van der Waals surface area (Å²) >= 11 is 0. The molecule has 0 radical (unpaired) electrons. The number of carbonyl (C=O) groups is 1. The van der Waals surface area contributed by atoms with E-state index >= 15 is 0 Å². The van der Waals surface area contributed by atoms with Gasteiger partial charge in [-0.25, -0.2) is 4.79 Å². The van der Waals surface area contributed by atoms with E-state index in [-0.39, 0.29) is 23.5 Å². The number of phenolic OH excluding ortho intramolecular Hbond substituents is 1. The van der Waals surface area contributed by atoms with Crippen molar-refractivity contribution < 1.29 is 19.7 Å². The van der Waals surface area contributed by atoms with Crippen LogP contribution in [0.2, 0.25) is 0 Å². The maximum atomic E-state index is 12.3. The number of esters is 1. The van der Waals surface area contributed by atoms with Gasteiger partial charge in [0.25, 0.3) is 0 Å². The molecule has 2 aliphatic carbocycles. The quantitative estimate of drug-likeness (QED) is 0.598. The van der Waals surface area contributed by atoms with E-state index in [9.17, 15) is 15.0 Å². The first-order valence-electron chi connectivity index (χ1n) is 9.76. The third-order valence-electron chi connectivity index (χ3n) is 7.25. The topological polar surface area (TPSA) is 66.8 Å². The van der Waals surface area contributed by atoms with E-state index in [1.165, 1.54) is 11.1 Å². The average molecular weight is 364 g/mol. The predicted molar refractivity (Wildman–Crippen MR) is 102 cm³/mol. The molecular formula is C23H24O4. The van der Waals surface area contributed by atoms with Crippen molar-refractivity contribution in [3.63, 3.8) is 0 Å². The van der Waals surface area contributed by atoms with Crippen molar-refractivity contribution in [1.82, 2.24) is 0 Å². The zero-order valence-corrected chi connectivity index (χ0v) is 15.4. The number of rotatable bonds is 1. The molecule has 2 aromatic carbocycles. The summed E-state index contributed by atoms with van der Waals surface area (Å²) in [6.07, 6.45) is 2.07. The Morgan fingerprint density at radius 1 is 1.19 bits per heavy atom. The number of benzene rings is 2. The van der Waals surface area contributed by atoms with Gasteiger partial charge in [-0.2, -0.15) is 0 Å². The lowest BCUT2D eigenvalue weighted by atomic mass is 9.59. The SMILES string of the molecule is C=C1C2Cc3cc4cc(O)ccc4cc3C2CC2C1COC(=O)C2(O)CC. The third kappa shape index (κ3) is 2.23. The summed E-state index contributed by atoms with van der Waals surface area (Å²) < 4.78 is 5.35. The Morgan fingerprint density at radius 3 is 2.78 bits per heavy atom. The zero-order valence-electron chi connectivity index (χ0n) is 15.4. The second-order valence-corrected chi connectivity index (χ2v) is 8.40. The van der Waals surface area contributed by atoms with Crippen molar-refractivity contribution in [1.29, 1.82) is 0 Å². The molecule has 5 unspecified atom stereocenters. The van der Waals surface area contributed by atoms with Crippen molar-refractivity contribution in [2.75, 3.05) is 6.61 Å². The maximum absolute atomic E-state index is 12.3. The number of aromatic hydroxyl groups is 1. The van der Waals surface area contributed by atoms with Gasteiger partial charge in [0.1, 0.15) is 5.75 Å². The van der Waals surface area contributed by atoms with Crippen LogP contribution in [0.25, 0.3) is 10.8 Å². The third-order valence-corrected chi connectivity index (χ3v) is 7.25. The van der Waals surface area contributed by atoms with E-state index in [1.807, 2.05) is 13.0 Å². The van der Waals surface area contributed by atoms with E-state index in [2.05, 4.69) is 18.7 Å². The van der Waals surface area contributed by atoms with Gasteiger partial charge in [-0.05, 0) is 65.1 Å². The fourth-order valence-electron chi connectivity index (χ4n) is 5.72. The van der Waals surface area contributed by atoms with Gasteiger partial charge in [-0.1, -0.05) is 37.3 Å². The van der Waals surface area contributed by atoms with E-state index in [0.717, 1.165) is 29.2 Å². The fraction of sp³-hybridized carbons (Fsp3) is 0.435. The summed E-state index contributed by atoms with van der Waals surface area (Å²) in [4.78, 5) is 12.3. The minimum absolute atomic E-state index is 0.0293. The zero-order chi connectivity index (χ0) is 18.9. The van der Waals surface area contributed by atoms with Gasteiger partial charge in [0.15, 0.2) is 5.60 Å². The van der Waals surface area contributed by atoms with Gasteiger partial charge < -0.3 is 14.9 Å². The van der Waals surface area contributed by atoms with Crippen molar-refractivity contribution in [2.45, 2.75) is 37.7 Å². The van der Waals surface area contributed by atoms with Gasteiger partial charge in [0.05, 0.1) is 6.61 Å². The Morgan fingerprint density at radius 2 is 2.00 bits per heavy atom. The minimum atomic E-state index is -1.41.